The van der Waals surface area contributed by atoms with E-state index in [0.29, 0.717) is 31.6 Å². The molecule has 0 radical (unpaired) electrons. The minimum atomic E-state index is -0.236. The van der Waals surface area contributed by atoms with Crippen LogP contribution >= 0.6 is 0 Å². The molecule has 0 spiro atoms. The highest BCUT2D eigenvalue weighted by molar-refractivity contribution is 6.07. The Balaban J connectivity index is 1.36. The summed E-state index contributed by atoms with van der Waals surface area (Å²) in [5.74, 6) is -0.317. The summed E-state index contributed by atoms with van der Waals surface area (Å²) in [6.45, 7) is 3.42. The standard InChI is InChI=1S/C28H31N3O3/c1-2-8-26(32)30-23-13-5-9-20(17-23)18-29-27(33)22-12-7-16-31(19-22)28(34)25-15-6-11-21-10-3-4-14-24(21)25/h3-6,9-11,13-15,17,22H,2,7-8,12,16,18-19H2,1H3,(H,29,33)(H,30,32). The molecule has 6 heteroatoms. The lowest BCUT2D eigenvalue weighted by Gasteiger charge is -2.32. The van der Waals surface area contributed by atoms with E-state index in [2.05, 4.69) is 10.6 Å². The Hall–Kier alpha value is -3.67. The maximum Gasteiger partial charge on any atom is 0.254 e. The Labute approximate surface area is 200 Å². The molecule has 176 valence electrons. The molecule has 0 bridgehead atoms. The molecule has 0 aliphatic carbocycles. The van der Waals surface area contributed by atoms with Crippen LogP contribution in [0.1, 0.15) is 48.5 Å². The fraction of sp³-hybridized carbons (Fsp3) is 0.321. The van der Waals surface area contributed by atoms with Crippen molar-refractivity contribution in [3.8, 4) is 0 Å². The highest BCUT2D eigenvalue weighted by Crippen LogP contribution is 2.24. The van der Waals surface area contributed by atoms with Gasteiger partial charge in [-0.05, 0) is 53.8 Å². The average molecular weight is 458 g/mol. The lowest BCUT2D eigenvalue weighted by molar-refractivity contribution is -0.126. The molecule has 1 atom stereocenters. The summed E-state index contributed by atoms with van der Waals surface area (Å²) in [5, 5.41) is 7.87. The number of nitrogens with zero attached hydrogens (tertiary/aromatic N) is 1. The van der Waals surface area contributed by atoms with Gasteiger partial charge in [-0.25, -0.2) is 0 Å². The lowest BCUT2D eigenvalue weighted by Crippen LogP contribution is -2.45. The van der Waals surface area contributed by atoms with Crippen LogP contribution in [-0.4, -0.2) is 35.7 Å². The van der Waals surface area contributed by atoms with Gasteiger partial charge in [-0.3, -0.25) is 14.4 Å². The van der Waals surface area contributed by atoms with Gasteiger partial charge in [-0.1, -0.05) is 55.5 Å². The van der Waals surface area contributed by atoms with Gasteiger partial charge in [-0.15, -0.1) is 0 Å². The van der Waals surface area contributed by atoms with Crippen molar-refractivity contribution in [2.75, 3.05) is 18.4 Å². The van der Waals surface area contributed by atoms with E-state index in [1.54, 1.807) is 4.90 Å². The van der Waals surface area contributed by atoms with Crippen LogP contribution in [0.15, 0.2) is 66.7 Å². The van der Waals surface area contributed by atoms with Gasteiger partial charge in [0.15, 0.2) is 0 Å². The molecule has 1 heterocycles. The highest BCUT2D eigenvalue weighted by atomic mass is 16.2. The van der Waals surface area contributed by atoms with Crippen LogP contribution < -0.4 is 10.6 Å². The number of nitrogens with one attached hydrogen (secondary N) is 2. The van der Waals surface area contributed by atoms with Gasteiger partial charge in [0.05, 0.1) is 5.92 Å². The first-order valence-electron chi connectivity index (χ1n) is 12.0. The van der Waals surface area contributed by atoms with E-state index in [1.165, 1.54) is 0 Å². The molecule has 34 heavy (non-hydrogen) atoms. The first-order valence-corrected chi connectivity index (χ1v) is 12.0. The van der Waals surface area contributed by atoms with Crippen molar-refractivity contribution in [1.82, 2.24) is 10.2 Å². The maximum atomic E-state index is 13.3. The predicted molar refractivity (Wildman–Crippen MR) is 134 cm³/mol. The van der Waals surface area contributed by atoms with Gasteiger partial charge in [0.2, 0.25) is 11.8 Å². The number of piperidine rings is 1. The second-order valence-corrected chi connectivity index (χ2v) is 8.83. The van der Waals surface area contributed by atoms with E-state index >= 15 is 0 Å². The fourth-order valence-electron chi connectivity index (χ4n) is 4.50. The SMILES string of the molecule is CCCC(=O)Nc1cccc(CNC(=O)C2CCCN(C(=O)c3cccc4ccccc34)C2)c1. The van der Waals surface area contributed by atoms with Gasteiger partial charge in [-0.2, -0.15) is 0 Å². The molecular formula is C28H31N3O3. The molecule has 1 unspecified atom stereocenters. The number of rotatable bonds is 7. The zero-order valence-electron chi connectivity index (χ0n) is 19.5. The van der Waals surface area contributed by atoms with E-state index in [4.69, 9.17) is 0 Å². The molecule has 3 aromatic carbocycles. The smallest absolute Gasteiger partial charge is 0.254 e. The van der Waals surface area contributed by atoms with E-state index in [0.717, 1.165) is 41.3 Å². The van der Waals surface area contributed by atoms with Crippen molar-refractivity contribution in [2.45, 2.75) is 39.2 Å². The van der Waals surface area contributed by atoms with Gasteiger partial charge in [0.25, 0.3) is 5.91 Å². The Kier molecular flexibility index (Phi) is 7.58. The molecule has 6 nitrogen and oxygen atoms in total. The number of likely N-dealkylation sites (tertiary alicyclic amines) is 1. The Morgan fingerprint density at radius 2 is 1.79 bits per heavy atom. The molecule has 1 aliphatic heterocycles. The zero-order valence-corrected chi connectivity index (χ0v) is 19.5. The van der Waals surface area contributed by atoms with Gasteiger partial charge in [0.1, 0.15) is 0 Å². The summed E-state index contributed by atoms with van der Waals surface area (Å²) in [6.07, 6.45) is 2.84. The van der Waals surface area contributed by atoms with Crippen LogP contribution in [0.4, 0.5) is 5.69 Å². The third kappa shape index (κ3) is 5.63. The summed E-state index contributed by atoms with van der Waals surface area (Å²) in [5.41, 5.74) is 2.33. The van der Waals surface area contributed by atoms with Crippen LogP contribution in [0, 0.1) is 5.92 Å². The average Bonchev–Trinajstić information content (AvgIpc) is 2.87. The number of anilines is 1. The predicted octanol–water partition coefficient (Wildman–Crippen LogP) is 4.75. The third-order valence-electron chi connectivity index (χ3n) is 6.25. The van der Waals surface area contributed by atoms with Crippen molar-refractivity contribution in [3.05, 3.63) is 77.9 Å². The topological polar surface area (TPSA) is 78.5 Å². The van der Waals surface area contributed by atoms with Crippen molar-refractivity contribution < 1.29 is 14.4 Å². The largest absolute Gasteiger partial charge is 0.352 e. The normalized spacial score (nSPS) is 15.7. The van der Waals surface area contributed by atoms with Crippen molar-refractivity contribution in [2.24, 2.45) is 5.92 Å². The lowest BCUT2D eigenvalue weighted by atomic mass is 9.95. The van der Waals surface area contributed by atoms with Crippen LogP contribution in [0.5, 0.6) is 0 Å². The molecule has 1 fully saturated rings. The number of benzene rings is 3. The van der Waals surface area contributed by atoms with Crippen LogP contribution in [0.2, 0.25) is 0 Å². The fourth-order valence-corrected chi connectivity index (χ4v) is 4.50. The second kappa shape index (κ2) is 11.0. The van der Waals surface area contributed by atoms with Crippen LogP contribution in [0.3, 0.4) is 0 Å². The quantitative estimate of drug-likeness (QED) is 0.538. The van der Waals surface area contributed by atoms with Crippen molar-refractivity contribution >= 4 is 34.2 Å². The summed E-state index contributed by atoms with van der Waals surface area (Å²) in [4.78, 5) is 39.9. The van der Waals surface area contributed by atoms with Gasteiger partial charge < -0.3 is 15.5 Å². The minimum Gasteiger partial charge on any atom is -0.352 e. The summed E-state index contributed by atoms with van der Waals surface area (Å²) < 4.78 is 0. The zero-order chi connectivity index (χ0) is 23.9. The Bertz CT molecular complexity index is 1180. The first kappa shape index (κ1) is 23.5. The summed E-state index contributed by atoms with van der Waals surface area (Å²) >= 11 is 0. The van der Waals surface area contributed by atoms with Gasteiger partial charge in [0, 0.05) is 37.3 Å². The van der Waals surface area contributed by atoms with E-state index in [-0.39, 0.29) is 23.6 Å². The summed E-state index contributed by atoms with van der Waals surface area (Å²) in [7, 11) is 0. The molecule has 3 amide bonds. The minimum absolute atomic E-state index is 0.0122. The molecule has 0 saturated carbocycles. The van der Waals surface area contributed by atoms with Crippen molar-refractivity contribution in [3.63, 3.8) is 0 Å². The Morgan fingerprint density at radius 3 is 2.65 bits per heavy atom. The molecule has 1 aliphatic rings. The number of fused-ring (bicyclic) bond motifs is 1. The molecule has 2 N–H and O–H groups in total. The molecule has 3 aromatic rings. The summed E-state index contributed by atoms with van der Waals surface area (Å²) in [6, 6.07) is 21.2. The third-order valence-corrected chi connectivity index (χ3v) is 6.25. The maximum absolute atomic E-state index is 13.3. The van der Waals surface area contributed by atoms with Crippen molar-refractivity contribution in [1.29, 1.82) is 0 Å². The number of amides is 3. The van der Waals surface area contributed by atoms with E-state index < -0.39 is 0 Å². The van der Waals surface area contributed by atoms with Crippen LogP contribution in [0.25, 0.3) is 10.8 Å². The second-order valence-electron chi connectivity index (χ2n) is 8.83. The van der Waals surface area contributed by atoms with E-state index in [1.807, 2.05) is 73.7 Å². The van der Waals surface area contributed by atoms with E-state index in [9.17, 15) is 14.4 Å². The number of carbonyl (C=O) groups is 3. The first-order chi connectivity index (χ1) is 16.5. The monoisotopic (exact) mass is 457 g/mol. The highest BCUT2D eigenvalue weighted by Gasteiger charge is 2.29. The number of carbonyl (C=O) groups excluding carboxylic acids is 3. The van der Waals surface area contributed by atoms with Gasteiger partial charge >= 0.3 is 0 Å². The molecule has 0 aromatic heterocycles. The molecular weight excluding hydrogens is 426 g/mol. The number of hydrogen-bond acceptors (Lipinski definition) is 3. The molecule has 1 saturated heterocycles. The number of hydrogen-bond donors (Lipinski definition) is 2. The molecule has 4 rings (SSSR count). The Morgan fingerprint density at radius 1 is 1.00 bits per heavy atom. The van der Waals surface area contributed by atoms with Crippen LogP contribution in [-0.2, 0) is 16.1 Å².